The molecule has 0 radical (unpaired) electrons. The SMILES string of the molecule is C=Cc1ccc(F)cc1OC(C)C. The van der Waals surface area contributed by atoms with E-state index < -0.39 is 0 Å². The van der Waals surface area contributed by atoms with Gasteiger partial charge in [0.2, 0.25) is 0 Å². The Morgan fingerprint density at radius 3 is 2.69 bits per heavy atom. The molecule has 1 rings (SSSR count). The zero-order valence-corrected chi connectivity index (χ0v) is 7.88. The van der Waals surface area contributed by atoms with Gasteiger partial charge in [-0.2, -0.15) is 0 Å². The van der Waals surface area contributed by atoms with Gasteiger partial charge in [-0.1, -0.05) is 12.7 Å². The number of ether oxygens (including phenoxy) is 1. The number of hydrogen-bond donors (Lipinski definition) is 0. The van der Waals surface area contributed by atoms with Crippen LogP contribution >= 0.6 is 0 Å². The molecule has 1 nitrogen and oxygen atoms in total. The van der Waals surface area contributed by atoms with E-state index in [0.717, 1.165) is 5.56 Å². The third-order valence-corrected chi connectivity index (χ3v) is 1.56. The van der Waals surface area contributed by atoms with Crippen molar-refractivity contribution in [1.82, 2.24) is 0 Å². The van der Waals surface area contributed by atoms with Gasteiger partial charge in [0, 0.05) is 11.6 Å². The highest BCUT2D eigenvalue weighted by atomic mass is 19.1. The molecule has 1 aromatic rings. The largest absolute Gasteiger partial charge is 0.490 e. The van der Waals surface area contributed by atoms with E-state index in [1.807, 2.05) is 13.8 Å². The van der Waals surface area contributed by atoms with Crippen LogP contribution in [0.2, 0.25) is 0 Å². The minimum absolute atomic E-state index is 0.0421. The molecule has 0 spiro atoms. The van der Waals surface area contributed by atoms with E-state index in [-0.39, 0.29) is 11.9 Å². The summed E-state index contributed by atoms with van der Waals surface area (Å²) in [4.78, 5) is 0. The second kappa shape index (κ2) is 4.08. The minimum Gasteiger partial charge on any atom is -0.490 e. The normalized spacial score (nSPS) is 10.2. The summed E-state index contributed by atoms with van der Waals surface area (Å²) in [5.41, 5.74) is 0.815. The Morgan fingerprint density at radius 1 is 1.46 bits per heavy atom. The lowest BCUT2D eigenvalue weighted by Crippen LogP contribution is -2.06. The molecule has 1 aromatic carbocycles. The van der Waals surface area contributed by atoms with E-state index in [4.69, 9.17) is 4.74 Å². The average molecular weight is 180 g/mol. The van der Waals surface area contributed by atoms with Crippen molar-refractivity contribution in [1.29, 1.82) is 0 Å². The molecule has 0 atom stereocenters. The Bertz CT molecular complexity index is 305. The van der Waals surface area contributed by atoms with Gasteiger partial charge < -0.3 is 4.74 Å². The molecule has 0 N–H and O–H groups in total. The molecule has 13 heavy (non-hydrogen) atoms. The predicted molar refractivity (Wildman–Crippen MR) is 52.3 cm³/mol. The number of hydrogen-bond acceptors (Lipinski definition) is 1. The van der Waals surface area contributed by atoms with Gasteiger partial charge in [-0.05, 0) is 26.0 Å². The number of halogens is 1. The fourth-order valence-corrected chi connectivity index (χ4v) is 1.03. The monoisotopic (exact) mass is 180 g/mol. The average Bonchev–Trinajstić information content (AvgIpc) is 2.03. The van der Waals surface area contributed by atoms with Crippen molar-refractivity contribution >= 4 is 6.08 Å². The maximum atomic E-state index is 12.8. The second-order valence-electron chi connectivity index (χ2n) is 3.05. The zero-order chi connectivity index (χ0) is 9.84. The van der Waals surface area contributed by atoms with Gasteiger partial charge in [0.05, 0.1) is 6.10 Å². The van der Waals surface area contributed by atoms with E-state index in [9.17, 15) is 4.39 Å². The van der Waals surface area contributed by atoms with Gasteiger partial charge in [0.1, 0.15) is 11.6 Å². The van der Waals surface area contributed by atoms with Crippen LogP contribution in [-0.4, -0.2) is 6.10 Å². The Morgan fingerprint density at radius 2 is 2.15 bits per heavy atom. The minimum atomic E-state index is -0.291. The predicted octanol–water partition coefficient (Wildman–Crippen LogP) is 3.26. The third kappa shape index (κ3) is 2.58. The van der Waals surface area contributed by atoms with E-state index in [2.05, 4.69) is 6.58 Å². The van der Waals surface area contributed by atoms with Crippen molar-refractivity contribution in [2.75, 3.05) is 0 Å². The van der Waals surface area contributed by atoms with E-state index >= 15 is 0 Å². The molecule has 0 aliphatic carbocycles. The number of rotatable bonds is 3. The Balaban J connectivity index is 3.01. The third-order valence-electron chi connectivity index (χ3n) is 1.56. The first-order valence-electron chi connectivity index (χ1n) is 4.22. The highest BCUT2D eigenvalue weighted by molar-refractivity contribution is 5.55. The van der Waals surface area contributed by atoms with E-state index in [1.54, 1.807) is 12.1 Å². The molecule has 0 amide bonds. The summed E-state index contributed by atoms with van der Waals surface area (Å²) in [6.07, 6.45) is 1.69. The van der Waals surface area contributed by atoms with Gasteiger partial charge >= 0.3 is 0 Å². The van der Waals surface area contributed by atoms with Crippen molar-refractivity contribution in [3.8, 4) is 5.75 Å². The molecule has 2 heteroatoms. The van der Waals surface area contributed by atoms with Gasteiger partial charge in [0.15, 0.2) is 0 Å². The summed E-state index contributed by atoms with van der Waals surface area (Å²) < 4.78 is 18.2. The van der Waals surface area contributed by atoms with Crippen LogP contribution in [0, 0.1) is 5.82 Å². The van der Waals surface area contributed by atoms with Crippen molar-refractivity contribution in [2.24, 2.45) is 0 Å². The highest BCUT2D eigenvalue weighted by Gasteiger charge is 2.03. The fraction of sp³-hybridized carbons (Fsp3) is 0.273. The Hall–Kier alpha value is -1.31. The van der Waals surface area contributed by atoms with Gasteiger partial charge in [-0.15, -0.1) is 0 Å². The molecule has 0 fully saturated rings. The first-order chi connectivity index (χ1) is 6.13. The first kappa shape index (κ1) is 9.78. The molecule has 0 bridgehead atoms. The van der Waals surface area contributed by atoms with Crippen molar-refractivity contribution in [3.63, 3.8) is 0 Å². The van der Waals surface area contributed by atoms with Crippen LogP contribution in [-0.2, 0) is 0 Å². The fourth-order valence-electron chi connectivity index (χ4n) is 1.03. The molecule has 0 unspecified atom stereocenters. The van der Waals surface area contributed by atoms with Gasteiger partial charge in [-0.25, -0.2) is 4.39 Å². The smallest absolute Gasteiger partial charge is 0.129 e. The van der Waals surface area contributed by atoms with Crippen LogP contribution in [0.5, 0.6) is 5.75 Å². The lowest BCUT2D eigenvalue weighted by molar-refractivity contribution is 0.241. The van der Waals surface area contributed by atoms with Crippen molar-refractivity contribution in [3.05, 3.63) is 36.2 Å². The molecule has 0 aromatic heterocycles. The summed E-state index contributed by atoms with van der Waals surface area (Å²) in [7, 11) is 0. The summed E-state index contributed by atoms with van der Waals surface area (Å²) in [5.74, 6) is 0.256. The van der Waals surface area contributed by atoms with Crippen molar-refractivity contribution < 1.29 is 9.13 Å². The molecular formula is C11H13FO. The van der Waals surface area contributed by atoms with Crippen LogP contribution in [0.3, 0.4) is 0 Å². The molecule has 0 aliphatic rings. The van der Waals surface area contributed by atoms with Crippen LogP contribution in [0.1, 0.15) is 19.4 Å². The molecule has 0 saturated heterocycles. The van der Waals surface area contributed by atoms with E-state index in [1.165, 1.54) is 12.1 Å². The Kier molecular flexibility index (Phi) is 3.07. The zero-order valence-electron chi connectivity index (χ0n) is 7.88. The van der Waals surface area contributed by atoms with Crippen LogP contribution in [0.4, 0.5) is 4.39 Å². The summed E-state index contributed by atoms with van der Waals surface area (Å²) in [6, 6.07) is 4.42. The van der Waals surface area contributed by atoms with Gasteiger partial charge in [-0.3, -0.25) is 0 Å². The van der Waals surface area contributed by atoms with Crippen LogP contribution < -0.4 is 4.74 Å². The molecule has 0 saturated carbocycles. The summed E-state index contributed by atoms with van der Waals surface area (Å²) >= 11 is 0. The lowest BCUT2D eigenvalue weighted by Gasteiger charge is -2.12. The maximum absolute atomic E-state index is 12.8. The topological polar surface area (TPSA) is 9.23 Å². The van der Waals surface area contributed by atoms with Gasteiger partial charge in [0.25, 0.3) is 0 Å². The first-order valence-corrected chi connectivity index (χ1v) is 4.22. The standard InChI is InChI=1S/C11H13FO/c1-4-9-5-6-10(12)7-11(9)13-8(2)3/h4-8H,1H2,2-3H3. The molecular weight excluding hydrogens is 167 g/mol. The summed E-state index contributed by atoms with van der Waals surface area (Å²) in [5, 5.41) is 0. The molecule has 0 aliphatic heterocycles. The van der Waals surface area contributed by atoms with Crippen molar-refractivity contribution in [2.45, 2.75) is 20.0 Å². The Labute approximate surface area is 77.8 Å². The molecule has 0 heterocycles. The van der Waals surface area contributed by atoms with E-state index in [0.29, 0.717) is 5.75 Å². The molecule has 70 valence electrons. The van der Waals surface area contributed by atoms with Crippen LogP contribution in [0.25, 0.3) is 6.08 Å². The lowest BCUT2D eigenvalue weighted by atomic mass is 10.2. The highest BCUT2D eigenvalue weighted by Crippen LogP contribution is 2.21. The number of benzene rings is 1. The summed E-state index contributed by atoms with van der Waals surface area (Å²) in [6.45, 7) is 7.43. The quantitative estimate of drug-likeness (QED) is 0.693. The second-order valence-corrected chi connectivity index (χ2v) is 3.05. The maximum Gasteiger partial charge on any atom is 0.129 e. The van der Waals surface area contributed by atoms with Crippen LogP contribution in [0.15, 0.2) is 24.8 Å².